The Morgan fingerprint density at radius 3 is 2.41 bits per heavy atom. The molecule has 0 atom stereocenters. The fourth-order valence-corrected chi connectivity index (χ4v) is 5.06. The van der Waals surface area contributed by atoms with E-state index in [9.17, 15) is 17.6 Å². The molecular formula is C25H23FN4O3S. The van der Waals surface area contributed by atoms with Gasteiger partial charge in [0.15, 0.2) is 27.1 Å². The lowest BCUT2D eigenvalue weighted by Gasteiger charge is -2.12. The van der Waals surface area contributed by atoms with Crippen molar-refractivity contribution in [3.8, 4) is 22.6 Å². The molecule has 1 saturated carbocycles. The maximum Gasteiger partial charge on any atom is 0.180 e. The number of aromatic nitrogens is 4. The second-order valence-electron chi connectivity index (χ2n) is 8.63. The lowest BCUT2D eigenvalue weighted by atomic mass is 10.0. The molecule has 0 bridgehead atoms. The predicted octanol–water partition coefficient (Wildman–Crippen LogP) is 4.65. The van der Waals surface area contributed by atoms with Crippen molar-refractivity contribution in [2.24, 2.45) is 7.05 Å². The monoisotopic (exact) mass is 478 g/mol. The number of fused-ring (bicyclic) bond motifs is 1. The Hall–Kier alpha value is -3.46. The lowest BCUT2D eigenvalue weighted by molar-refractivity contribution is 0.101. The van der Waals surface area contributed by atoms with Crippen LogP contribution in [0.15, 0.2) is 53.7 Å². The summed E-state index contributed by atoms with van der Waals surface area (Å²) in [5, 5.41) is 0. The van der Waals surface area contributed by atoms with E-state index in [-0.39, 0.29) is 22.1 Å². The fourth-order valence-electron chi connectivity index (χ4n) is 4.00. The topological polar surface area (TPSA) is 94.8 Å². The number of hydrogen-bond donors (Lipinski definition) is 0. The van der Waals surface area contributed by atoms with Gasteiger partial charge in [-0.15, -0.1) is 0 Å². The lowest BCUT2D eigenvalue weighted by Crippen LogP contribution is -2.09. The number of aryl methyl sites for hydroxylation is 1. The number of hydrogen-bond acceptors (Lipinski definition) is 6. The van der Waals surface area contributed by atoms with Gasteiger partial charge >= 0.3 is 0 Å². The van der Waals surface area contributed by atoms with E-state index in [4.69, 9.17) is 0 Å². The van der Waals surface area contributed by atoms with Gasteiger partial charge in [0.1, 0.15) is 16.9 Å². The van der Waals surface area contributed by atoms with E-state index in [1.54, 1.807) is 61.1 Å². The first-order valence-corrected chi connectivity index (χ1v) is 12.6. The summed E-state index contributed by atoms with van der Waals surface area (Å²) in [5.74, 6) is 0.0976. The largest absolute Gasteiger partial charge is 0.310 e. The van der Waals surface area contributed by atoms with Gasteiger partial charge in [-0.3, -0.25) is 9.78 Å². The second-order valence-corrected chi connectivity index (χ2v) is 10.9. The highest BCUT2D eigenvalue weighted by molar-refractivity contribution is 7.91. The molecule has 174 valence electrons. The van der Waals surface area contributed by atoms with Crippen LogP contribution in [0, 0.1) is 0 Å². The zero-order chi connectivity index (χ0) is 24.3. The number of carbonyl (C=O) groups excluding carboxylic acids is 1. The Labute approximate surface area is 196 Å². The SMILES string of the molecule is CCS(=O)(=O)c1cc(-c2ccc(C3(F)CC3)cc2)cnc1-c1nc2cc(C(C)=O)cnc2n1C. The van der Waals surface area contributed by atoms with Crippen LogP contribution in [-0.2, 0) is 22.6 Å². The van der Waals surface area contributed by atoms with Crippen LogP contribution in [0.2, 0.25) is 0 Å². The maximum absolute atomic E-state index is 14.3. The van der Waals surface area contributed by atoms with Crippen LogP contribution in [0.5, 0.6) is 0 Å². The van der Waals surface area contributed by atoms with Crippen LogP contribution >= 0.6 is 0 Å². The third-order valence-corrected chi connectivity index (χ3v) is 8.06. The van der Waals surface area contributed by atoms with Gasteiger partial charge in [-0.05, 0) is 43.0 Å². The van der Waals surface area contributed by atoms with E-state index in [2.05, 4.69) is 15.0 Å². The maximum atomic E-state index is 14.3. The predicted molar refractivity (Wildman–Crippen MR) is 127 cm³/mol. The molecule has 0 aliphatic heterocycles. The van der Waals surface area contributed by atoms with Crippen molar-refractivity contribution < 1.29 is 17.6 Å². The van der Waals surface area contributed by atoms with Crippen molar-refractivity contribution in [1.29, 1.82) is 0 Å². The minimum Gasteiger partial charge on any atom is -0.310 e. The first-order valence-electron chi connectivity index (χ1n) is 11.0. The molecule has 0 N–H and O–H groups in total. The molecule has 1 aliphatic carbocycles. The number of ketones is 1. The van der Waals surface area contributed by atoms with Crippen LogP contribution in [0.1, 0.15) is 42.6 Å². The number of pyridine rings is 2. The Balaban J connectivity index is 1.65. The fraction of sp³-hybridized carbons (Fsp3) is 0.280. The van der Waals surface area contributed by atoms with E-state index in [1.807, 2.05) is 0 Å². The van der Waals surface area contributed by atoms with Gasteiger partial charge in [-0.1, -0.05) is 31.2 Å². The molecule has 0 saturated heterocycles. The van der Waals surface area contributed by atoms with Crippen molar-refractivity contribution in [3.05, 3.63) is 59.9 Å². The number of Topliss-reactive ketones (excluding diaryl/α,β-unsaturated/α-hetero) is 1. The van der Waals surface area contributed by atoms with Gasteiger partial charge in [-0.25, -0.2) is 22.8 Å². The molecule has 5 rings (SSSR count). The standard InChI is InChI=1S/C25H23FN4O3S/c1-4-34(32,33)21-12-18(16-5-7-19(8-6-16)25(26)9-10-25)14-27-22(21)24-29-20-11-17(15(2)31)13-28-23(20)30(24)3/h5-8,11-14H,4,9-10H2,1-3H3. The minimum atomic E-state index is -3.66. The average molecular weight is 479 g/mol. The third kappa shape index (κ3) is 3.69. The highest BCUT2D eigenvalue weighted by Gasteiger charge is 2.44. The van der Waals surface area contributed by atoms with E-state index < -0.39 is 15.5 Å². The van der Waals surface area contributed by atoms with Crippen molar-refractivity contribution in [2.45, 2.75) is 37.3 Å². The number of sulfone groups is 1. The molecule has 4 aromatic rings. The van der Waals surface area contributed by atoms with Crippen LogP contribution in [-0.4, -0.2) is 39.5 Å². The molecule has 0 amide bonds. The summed E-state index contributed by atoms with van der Waals surface area (Å²) >= 11 is 0. The summed E-state index contributed by atoms with van der Waals surface area (Å²) in [6.45, 7) is 3.02. The number of benzene rings is 1. The molecule has 0 unspecified atom stereocenters. The summed E-state index contributed by atoms with van der Waals surface area (Å²) in [7, 11) is -1.93. The van der Waals surface area contributed by atoms with E-state index >= 15 is 0 Å². The molecule has 0 radical (unpaired) electrons. The zero-order valence-electron chi connectivity index (χ0n) is 19.0. The number of nitrogens with zero attached hydrogens (tertiary/aromatic N) is 4. The molecular weight excluding hydrogens is 455 g/mol. The van der Waals surface area contributed by atoms with Gasteiger partial charge in [0.05, 0.1) is 10.6 Å². The smallest absolute Gasteiger partial charge is 0.180 e. The molecule has 3 aromatic heterocycles. The molecule has 1 aliphatic rings. The quantitative estimate of drug-likeness (QED) is 0.374. The van der Waals surface area contributed by atoms with Crippen molar-refractivity contribution in [2.75, 3.05) is 5.75 Å². The van der Waals surface area contributed by atoms with Crippen LogP contribution in [0.3, 0.4) is 0 Å². The Morgan fingerprint density at radius 2 is 1.79 bits per heavy atom. The normalized spacial score (nSPS) is 14.9. The number of carbonyl (C=O) groups is 1. The molecule has 0 spiro atoms. The molecule has 1 fully saturated rings. The van der Waals surface area contributed by atoms with Gasteiger partial charge in [0.2, 0.25) is 0 Å². The third-order valence-electron chi connectivity index (χ3n) is 6.32. The molecule has 3 heterocycles. The van der Waals surface area contributed by atoms with Crippen LogP contribution in [0.25, 0.3) is 33.8 Å². The summed E-state index contributed by atoms with van der Waals surface area (Å²) in [4.78, 5) is 25.2. The van der Waals surface area contributed by atoms with Crippen molar-refractivity contribution in [1.82, 2.24) is 19.5 Å². The Bertz CT molecular complexity index is 1560. The van der Waals surface area contributed by atoms with Crippen molar-refractivity contribution >= 4 is 26.8 Å². The van der Waals surface area contributed by atoms with Gasteiger partial charge in [-0.2, -0.15) is 0 Å². The number of imidazole rings is 1. The summed E-state index contributed by atoms with van der Waals surface area (Å²) in [6, 6.07) is 10.3. The summed E-state index contributed by atoms with van der Waals surface area (Å²) < 4.78 is 42.1. The molecule has 7 nitrogen and oxygen atoms in total. The summed E-state index contributed by atoms with van der Waals surface area (Å²) in [6.07, 6.45) is 4.13. The highest BCUT2D eigenvalue weighted by Crippen LogP contribution is 2.49. The number of alkyl halides is 1. The van der Waals surface area contributed by atoms with E-state index in [1.165, 1.54) is 13.1 Å². The number of rotatable bonds is 6. The van der Waals surface area contributed by atoms with E-state index in [0.717, 1.165) is 5.56 Å². The van der Waals surface area contributed by atoms with Gasteiger partial charge in [0, 0.05) is 30.6 Å². The molecule has 9 heteroatoms. The number of halogens is 1. The minimum absolute atomic E-state index is 0.0610. The second kappa shape index (κ2) is 7.80. The first-order chi connectivity index (χ1) is 16.1. The average Bonchev–Trinajstić information content (AvgIpc) is 3.51. The molecule has 34 heavy (non-hydrogen) atoms. The van der Waals surface area contributed by atoms with Gasteiger partial charge < -0.3 is 4.57 Å². The van der Waals surface area contributed by atoms with Crippen molar-refractivity contribution in [3.63, 3.8) is 0 Å². The van der Waals surface area contributed by atoms with Crippen LogP contribution in [0.4, 0.5) is 4.39 Å². The Kier molecular flexibility index (Phi) is 5.12. The molecule has 1 aromatic carbocycles. The van der Waals surface area contributed by atoms with Crippen LogP contribution < -0.4 is 0 Å². The van der Waals surface area contributed by atoms with Gasteiger partial charge in [0.25, 0.3) is 0 Å². The van der Waals surface area contributed by atoms with E-state index in [0.29, 0.717) is 46.5 Å². The summed E-state index contributed by atoms with van der Waals surface area (Å²) in [5.41, 5.74) is 2.40. The Morgan fingerprint density at radius 1 is 1.09 bits per heavy atom. The highest BCUT2D eigenvalue weighted by atomic mass is 32.2. The first kappa shape index (κ1) is 22.3. The zero-order valence-corrected chi connectivity index (χ0v) is 19.9.